The number of amides is 1. The highest BCUT2D eigenvalue weighted by Crippen LogP contribution is 2.35. The lowest BCUT2D eigenvalue weighted by Gasteiger charge is -2.42. The van der Waals surface area contributed by atoms with Crippen LogP contribution in [0.3, 0.4) is 0 Å². The molecule has 6 heteroatoms. The minimum absolute atomic E-state index is 0.0318. The van der Waals surface area contributed by atoms with Gasteiger partial charge in [0.1, 0.15) is 11.4 Å². The fourth-order valence-corrected chi connectivity index (χ4v) is 3.81. The topological polar surface area (TPSA) is 79.5 Å². The van der Waals surface area contributed by atoms with Crippen molar-refractivity contribution in [1.82, 2.24) is 15.2 Å². The first kappa shape index (κ1) is 18.6. The molecule has 1 aromatic carbocycles. The van der Waals surface area contributed by atoms with Gasteiger partial charge in [0.25, 0.3) is 0 Å². The maximum atomic E-state index is 12.7. The number of nitrogens with zero attached hydrogens (tertiary/aromatic N) is 3. The highest BCUT2D eigenvalue weighted by atomic mass is 16.6. The molecule has 2 aromatic rings. The van der Waals surface area contributed by atoms with Gasteiger partial charge in [-0.2, -0.15) is 0 Å². The quantitative estimate of drug-likeness (QED) is 0.824. The molecule has 140 valence electrons. The molecule has 0 bridgehead atoms. The molecule has 6 nitrogen and oxygen atoms in total. The number of aromatic nitrogens is 2. The van der Waals surface area contributed by atoms with Gasteiger partial charge in [-0.15, -0.1) is 0 Å². The van der Waals surface area contributed by atoms with Gasteiger partial charge in [-0.05, 0) is 44.6 Å². The summed E-state index contributed by atoms with van der Waals surface area (Å²) in [7, 11) is 0. The van der Waals surface area contributed by atoms with Crippen molar-refractivity contribution in [3.05, 3.63) is 47.3 Å². The summed E-state index contributed by atoms with van der Waals surface area (Å²) in [6, 6.07) is 10.4. The summed E-state index contributed by atoms with van der Waals surface area (Å²) < 4.78 is 4.68. The van der Waals surface area contributed by atoms with E-state index in [1.54, 1.807) is 6.92 Å². The summed E-state index contributed by atoms with van der Waals surface area (Å²) in [4.78, 5) is 14.5. The minimum Gasteiger partial charge on any atom is -0.396 e. The Hall–Kier alpha value is -2.21. The van der Waals surface area contributed by atoms with E-state index in [0.717, 1.165) is 38.6 Å². The van der Waals surface area contributed by atoms with Crippen LogP contribution in [-0.2, 0) is 17.6 Å². The maximum absolute atomic E-state index is 12.7. The molecular formula is C20H27N3O3. The Bertz CT molecular complexity index is 716. The molecule has 1 N–H and O–H groups in total. The number of rotatable bonds is 7. The number of piperidine rings is 1. The first-order valence-electron chi connectivity index (χ1n) is 9.32. The van der Waals surface area contributed by atoms with Crippen molar-refractivity contribution in [2.45, 2.75) is 45.4 Å². The molecule has 1 atom stereocenters. The molecular weight excluding hydrogens is 330 g/mol. The second kappa shape index (κ2) is 8.45. The van der Waals surface area contributed by atoms with E-state index in [9.17, 15) is 9.90 Å². The lowest BCUT2D eigenvalue weighted by atomic mass is 9.76. The molecule has 1 saturated heterocycles. The van der Waals surface area contributed by atoms with Crippen LogP contribution < -0.4 is 0 Å². The van der Waals surface area contributed by atoms with Crippen molar-refractivity contribution in [2.75, 3.05) is 19.7 Å². The van der Waals surface area contributed by atoms with Crippen molar-refractivity contribution in [2.24, 2.45) is 5.41 Å². The average molecular weight is 357 g/mol. The van der Waals surface area contributed by atoms with Crippen LogP contribution in [0.25, 0.3) is 0 Å². The Morgan fingerprint density at radius 3 is 2.81 bits per heavy atom. The Morgan fingerprint density at radius 1 is 1.31 bits per heavy atom. The summed E-state index contributed by atoms with van der Waals surface area (Å²) in [5, 5.41) is 17.6. The number of carbonyl (C=O) groups is 1. The number of aryl methyl sites for hydroxylation is 2. The number of hydrogen-bond donors (Lipinski definition) is 1. The molecule has 1 fully saturated rings. The van der Waals surface area contributed by atoms with E-state index in [2.05, 4.69) is 39.2 Å². The molecule has 0 spiro atoms. The van der Waals surface area contributed by atoms with Gasteiger partial charge in [0.2, 0.25) is 5.91 Å². The smallest absolute Gasteiger partial charge is 0.228 e. The lowest BCUT2D eigenvalue weighted by molar-refractivity contribution is -0.135. The van der Waals surface area contributed by atoms with Crippen LogP contribution in [0.1, 0.15) is 42.6 Å². The van der Waals surface area contributed by atoms with Crippen LogP contribution in [-0.4, -0.2) is 45.9 Å². The Balaban J connectivity index is 1.57. The largest absolute Gasteiger partial charge is 0.396 e. The van der Waals surface area contributed by atoms with Crippen LogP contribution in [0.2, 0.25) is 0 Å². The number of aliphatic hydroxyl groups excluding tert-OH is 1. The van der Waals surface area contributed by atoms with Crippen LogP contribution in [0, 0.1) is 12.3 Å². The van der Waals surface area contributed by atoms with Crippen molar-refractivity contribution in [3.8, 4) is 0 Å². The predicted octanol–water partition coefficient (Wildman–Crippen LogP) is 2.54. The maximum Gasteiger partial charge on any atom is 0.228 e. The van der Waals surface area contributed by atoms with Crippen molar-refractivity contribution in [3.63, 3.8) is 0 Å². The fraction of sp³-hybridized carbons (Fsp3) is 0.550. The zero-order valence-corrected chi connectivity index (χ0v) is 15.4. The summed E-state index contributed by atoms with van der Waals surface area (Å²) in [6.07, 6.45) is 5.03. The number of carbonyl (C=O) groups excluding carboxylic acids is 1. The van der Waals surface area contributed by atoms with Gasteiger partial charge < -0.3 is 10.0 Å². The minimum atomic E-state index is -0.195. The van der Waals surface area contributed by atoms with Crippen LogP contribution in [0.15, 0.2) is 35.0 Å². The lowest BCUT2D eigenvalue weighted by Crippen LogP contribution is -2.48. The summed E-state index contributed by atoms with van der Waals surface area (Å²) in [6.45, 7) is 3.26. The molecule has 1 aromatic heterocycles. The summed E-state index contributed by atoms with van der Waals surface area (Å²) >= 11 is 0. The highest BCUT2D eigenvalue weighted by molar-refractivity contribution is 5.78. The van der Waals surface area contributed by atoms with Gasteiger partial charge in [-0.25, -0.2) is 4.63 Å². The van der Waals surface area contributed by atoms with E-state index in [-0.39, 0.29) is 24.3 Å². The molecule has 0 unspecified atom stereocenters. The number of benzene rings is 1. The standard InChI is InChI=1S/C20H27N3O3/c1-16-18(22-26-21-16)13-19(25)23-12-6-11-20(14-23,15-24)10-5-9-17-7-3-2-4-8-17/h2-4,7-8,24H,5-6,9-15H2,1H3/t20-/m0/s1. The number of likely N-dealkylation sites (tertiary alicyclic amines) is 1. The molecule has 2 heterocycles. The van der Waals surface area contributed by atoms with E-state index >= 15 is 0 Å². The monoisotopic (exact) mass is 357 g/mol. The van der Waals surface area contributed by atoms with Gasteiger partial charge in [0.05, 0.1) is 13.0 Å². The molecule has 0 aliphatic carbocycles. The Morgan fingerprint density at radius 2 is 2.12 bits per heavy atom. The van der Waals surface area contributed by atoms with Gasteiger partial charge in [-0.3, -0.25) is 4.79 Å². The van der Waals surface area contributed by atoms with E-state index in [1.165, 1.54) is 5.56 Å². The van der Waals surface area contributed by atoms with Crippen LogP contribution in [0.4, 0.5) is 0 Å². The normalized spacial score (nSPS) is 20.3. The van der Waals surface area contributed by atoms with Crippen LogP contribution >= 0.6 is 0 Å². The first-order valence-corrected chi connectivity index (χ1v) is 9.32. The summed E-state index contributed by atoms with van der Waals surface area (Å²) in [5.41, 5.74) is 2.38. The van der Waals surface area contributed by atoms with Gasteiger partial charge >= 0.3 is 0 Å². The van der Waals surface area contributed by atoms with E-state index in [4.69, 9.17) is 0 Å². The van der Waals surface area contributed by atoms with E-state index < -0.39 is 0 Å². The second-order valence-electron chi connectivity index (χ2n) is 7.39. The molecule has 1 aliphatic rings. The molecule has 3 rings (SSSR count). The fourth-order valence-electron chi connectivity index (χ4n) is 3.81. The van der Waals surface area contributed by atoms with Gasteiger partial charge in [-0.1, -0.05) is 40.6 Å². The third-order valence-corrected chi connectivity index (χ3v) is 5.43. The third kappa shape index (κ3) is 4.49. The van der Waals surface area contributed by atoms with E-state index in [1.807, 2.05) is 11.0 Å². The van der Waals surface area contributed by atoms with Gasteiger partial charge in [0.15, 0.2) is 0 Å². The predicted molar refractivity (Wildman–Crippen MR) is 97.5 cm³/mol. The summed E-state index contributed by atoms with van der Waals surface area (Å²) in [5.74, 6) is 0.0318. The molecule has 0 saturated carbocycles. The SMILES string of the molecule is Cc1nonc1CC(=O)N1CCC[C@@](CO)(CCCc2ccccc2)C1. The van der Waals surface area contributed by atoms with Crippen LogP contribution in [0.5, 0.6) is 0 Å². The first-order chi connectivity index (χ1) is 12.6. The van der Waals surface area contributed by atoms with Crippen molar-refractivity contribution in [1.29, 1.82) is 0 Å². The highest BCUT2D eigenvalue weighted by Gasteiger charge is 2.36. The molecule has 1 aliphatic heterocycles. The Labute approximate surface area is 154 Å². The molecule has 0 radical (unpaired) electrons. The number of aliphatic hydroxyl groups is 1. The zero-order valence-electron chi connectivity index (χ0n) is 15.4. The average Bonchev–Trinajstić information content (AvgIpc) is 3.07. The number of hydrogen-bond acceptors (Lipinski definition) is 5. The van der Waals surface area contributed by atoms with Gasteiger partial charge in [0, 0.05) is 18.5 Å². The van der Waals surface area contributed by atoms with E-state index in [0.29, 0.717) is 17.9 Å². The third-order valence-electron chi connectivity index (χ3n) is 5.43. The van der Waals surface area contributed by atoms with Crippen molar-refractivity contribution >= 4 is 5.91 Å². The molecule has 1 amide bonds. The zero-order chi connectivity index (χ0) is 18.4. The van der Waals surface area contributed by atoms with Crippen molar-refractivity contribution < 1.29 is 14.5 Å². The second-order valence-corrected chi connectivity index (χ2v) is 7.39. The Kier molecular flexibility index (Phi) is 6.04. The molecule has 26 heavy (non-hydrogen) atoms.